The molecule has 32 heavy (non-hydrogen) atoms. The fourth-order valence-corrected chi connectivity index (χ4v) is 5.74. The molecule has 0 saturated heterocycles. The Morgan fingerprint density at radius 1 is 1.16 bits per heavy atom. The minimum absolute atomic E-state index is 0.137. The van der Waals surface area contributed by atoms with E-state index in [-0.39, 0.29) is 15.4 Å². The zero-order valence-electron chi connectivity index (χ0n) is 17.9. The van der Waals surface area contributed by atoms with Crippen molar-refractivity contribution in [2.45, 2.75) is 37.1 Å². The highest BCUT2D eigenvalue weighted by molar-refractivity contribution is 7.91. The van der Waals surface area contributed by atoms with Crippen LogP contribution in [-0.2, 0) is 16.4 Å². The molecular weight excluding hydrogens is 446 g/mol. The highest BCUT2D eigenvalue weighted by Crippen LogP contribution is 2.31. The van der Waals surface area contributed by atoms with Gasteiger partial charge in [0.05, 0.1) is 0 Å². The van der Waals surface area contributed by atoms with Gasteiger partial charge < -0.3 is 4.90 Å². The minimum atomic E-state index is -3.79. The number of nitrogens with one attached hydrogen (secondary N) is 2. The lowest BCUT2D eigenvalue weighted by atomic mass is 10.1. The number of hydrogen-bond acceptors (Lipinski definition) is 7. The molecule has 2 aromatic carbocycles. The monoisotopic (exact) mass is 471 g/mol. The number of aryl methyl sites for hydroxylation is 1. The van der Waals surface area contributed by atoms with Crippen molar-refractivity contribution in [3.8, 4) is 0 Å². The Labute approximate surface area is 191 Å². The van der Waals surface area contributed by atoms with Gasteiger partial charge in [0.1, 0.15) is 0 Å². The second-order valence-electron chi connectivity index (χ2n) is 7.82. The number of anilines is 2. The molecule has 0 radical (unpaired) electrons. The largest absolute Gasteiger partial charge is 0.368 e. The lowest BCUT2D eigenvalue weighted by molar-refractivity contribution is 0.102. The smallest absolute Gasteiger partial charge is 0.269 e. The van der Waals surface area contributed by atoms with Crippen LogP contribution in [0, 0.1) is 6.92 Å². The summed E-state index contributed by atoms with van der Waals surface area (Å²) >= 11 is 0.825. The van der Waals surface area contributed by atoms with E-state index in [0.29, 0.717) is 24.6 Å². The first-order valence-electron chi connectivity index (χ1n) is 10.4. The maximum Gasteiger partial charge on any atom is 0.269 e. The van der Waals surface area contributed by atoms with Crippen molar-refractivity contribution < 1.29 is 13.2 Å². The van der Waals surface area contributed by atoms with Gasteiger partial charge in [-0.1, -0.05) is 47.2 Å². The molecule has 0 unspecified atom stereocenters. The topological polar surface area (TPSA) is 104 Å². The van der Waals surface area contributed by atoms with Gasteiger partial charge in [0.25, 0.3) is 15.9 Å². The lowest BCUT2D eigenvalue weighted by Gasteiger charge is -2.24. The van der Waals surface area contributed by atoms with Crippen molar-refractivity contribution in [3.63, 3.8) is 0 Å². The number of carbonyl (C=O) groups is 1. The second-order valence-corrected chi connectivity index (χ2v) is 10.7. The van der Waals surface area contributed by atoms with E-state index in [9.17, 15) is 13.2 Å². The number of para-hydroxylation sites is 1. The Kier molecular flexibility index (Phi) is 6.54. The number of hydrogen-bond donors (Lipinski definition) is 2. The maximum atomic E-state index is 12.6. The number of amides is 1. The van der Waals surface area contributed by atoms with Crippen LogP contribution in [0.3, 0.4) is 0 Å². The van der Waals surface area contributed by atoms with Crippen LogP contribution < -0.4 is 14.9 Å². The minimum Gasteiger partial charge on any atom is -0.368 e. The number of rotatable bonds is 8. The van der Waals surface area contributed by atoms with Crippen LogP contribution >= 0.6 is 11.3 Å². The second kappa shape index (κ2) is 9.35. The summed E-state index contributed by atoms with van der Waals surface area (Å²) in [6.45, 7) is 5.16. The van der Waals surface area contributed by atoms with E-state index in [1.807, 2.05) is 31.2 Å². The molecule has 1 atom stereocenters. The first-order valence-corrected chi connectivity index (χ1v) is 12.7. The van der Waals surface area contributed by atoms with Crippen LogP contribution in [0.5, 0.6) is 0 Å². The summed E-state index contributed by atoms with van der Waals surface area (Å²) in [7, 11) is -3.79. The van der Waals surface area contributed by atoms with Gasteiger partial charge in [-0.15, -0.1) is 10.2 Å². The number of sulfonamides is 1. The normalized spacial score (nSPS) is 15.6. The average Bonchev–Trinajstić information content (AvgIpc) is 3.36. The van der Waals surface area contributed by atoms with Crippen LogP contribution in [0.15, 0.2) is 52.9 Å². The molecule has 0 aliphatic carbocycles. The van der Waals surface area contributed by atoms with Gasteiger partial charge in [0.2, 0.25) is 9.47 Å². The molecule has 1 aliphatic heterocycles. The predicted octanol–water partition coefficient (Wildman–Crippen LogP) is 3.22. The molecule has 1 aromatic heterocycles. The third-order valence-electron chi connectivity index (χ3n) is 5.39. The molecule has 0 fully saturated rings. The summed E-state index contributed by atoms with van der Waals surface area (Å²) in [5.41, 5.74) is 4.06. The Hall–Kier alpha value is -2.82. The first kappa shape index (κ1) is 22.4. The van der Waals surface area contributed by atoms with Crippen LogP contribution in [-0.4, -0.2) is 43.7 Å². The highest BCUT2D eigenvalue weighted by atomic mass is 32.2. The Morgan fingerprint density at radius 3 is 2.69 bits per heavy atom. The van der Waals surface area contributed by atoms with Crippen molar-refractivity contribution in [2.24, 2.45) is 0 Å². The molecule has 1 amide bonds. The van der Waals surface area contributed by atoms with E-state index in [1.165, 1.54) is 11.3 Å². The zero-order chi connectivity index (χ0) is 22.7. The van der Waals surface area contributed by atoms with Gasteiger partial charge in [-0.05, 0) is 50.5 Å². The number of carbonyl (C=O) groups excluding carboxylic acids is 1. The van der Waals surface area contributed by atoms with Gasteiger partial charge >= 0.3 is 0 Å². The molecule has 2 heterocycles. The SMILES string of the molecule is Cc1ccc(C(=O)Nc2nnc(S(=O)(=O)NCCCN3c4ccccc4C[C@@H]3C)s2)cc1. The Morgan fingerprint density at radius 2 is 1.91 bits per heavy atom. The highest BCUT2D eigenvalue weighted by Gasteiger charge is 2.25. The fourth-order valence-electron chi connectivity index (χ4n) is 3.73. The van der Waals surface area contributed by atoms with Crippen molar-refractivity contribution in [2.75, 3.05) is 23.3 Å². The third kappa shape index (κ3) is 4.98. The van der Waals surface area contributed by atoms with Crippen molar-refractivity contribution in [3.05, 3.63) is 65.2 Å². The maximum absolute atomic E-state index is 12.6. The molecule has 8 nitrogen and oxygen atoms in total. The summed E-state index contributed by atoms with van der Waals surface area (Å²) in [6, 6.07) is 15.8. The molecule has 4 rings (SSSR count). The van der Waals surface area contributed by atoms with Gasteiger partial charge in [-0.25, -0.2) is 13.1 Å². The number of benzene rings is 2. The molecule has 0 spiro atoms. The fraction of sp³-hybridized carbons (Fsp3) is 0.318. The third-order valence-corrected chi connectivity index (χ3v) is 8.05. The number of fused-ring (bicyclic) bond motifs is 1. The van der Waals surface area contributed by atoms with Gasteiger partial charge in [-0.3, -0.25) is 10.1 Å². The number of nitrogens with zero attached hydrogens (tertiary/aromatic N) is 3. The van der Waals surface area contributed by atoms with E-state index in [4.69, 9.17) is 0 Å². The summed E-state index contributed by atoms with van der Waals surface area (Å²) in [5.74, 6) is -0.363. The number of aromatic nitrogens is 2. The van der Waals surface area contributed by atoms with Crippen molar-refractivity contribution in [1.82, 2.24) is 14.9 Å². The van der Waals surface area contributed by atoms with Crippen LogP contribution in [0.2, 0.25) is 0 Å². The molecule has 0 saturated carbocycles. The summed E-state index contributed by atoms with van der Waals surface area (Å²) in [6.07, 6.45) is 1.66. The molecule has 1 aliphatic rings. The average molecular weight is 472 g/mol. The van der Waals surface area contributed by atoms with E-state index >= 15 is 0 Å². The Bertz CT molecular complexity index is 1210. The summed E-state index contributed by atoms with van der Waals surface area (Å²) in [4.78, 5) is 14.6. The van der Waals surface area contributed by atoms with Gasteiger partial charge in [0, 0.05) is 30.4 Å². The van der Waals surface area contributed by atoms with E-state index in [0.717, 1.165) is 29.9 Å². The molecule has 168 valence electrons. The molecule has 0 bridgehead atoms. The van der Waals surface area contributed by atoms with Crippen LogP contribution in [0.1, 0.15) is 34.8 Å². The van der Waals surface area contributed by atoms with Crippen molar-refractivity contribution in [1.29, 1.82) is 0 Å². The zero-order valence-corrected chi connectivity index (χ0v) is 19.5. The quantitative estimate of drug-likeness (QED) is 0.386. The van der Waals surface area contributed by atoms with E-state index in [2.05, 4.69) is 44.2 Å². The van der Waals surface area contributed by atoms with Crippen molar-refractivity contribution >= 4 is 38.1 Å². The molecule has 10 heteroatoms. The molecule has 3 aromatic rings. The first-order chi connectivity index (χ1) is 15.3. The van der Waals surface area contributed by atoms with E-state index < -0.39 is 10.0 Å². The predicted molar refractivity (Wildman–Crippen MR) is 126 cm³/mol. The standard InChI is InChI=1S/C22H25N5O3S2/c1-15-8-10-17(11-9-15)20(28)24-21-25-26-22(31-21)32(29,30)23-12-5-13-27-16(2)14-18-6-3-4-7-19(18)27/h3-4,6-11,16,23H,5,12-14H2,1-2H3,(H,24,25,28)/t16-/m0/s1. The lowest BCUT2D eigenvalue weighted by Crippen LogP contribution is -2.33. The van der Waals surface area contributed by atoms with E-state index in [1.54, 1.807) is 12.1 Å². The van der Waals surface area contributed by atoms with Crippen LogP contribution in [0.4, 0.5) is 10.8 Å². The summed E-state index contributed by atoms with van der Waals surface area (Å²) < 4.78 is 27.5. The van der Waals surface area contributed by atoms with Gasteiger partial charge in [0.15, 0.2) is 0 Å². The van der Waals surface area contributed by atoms with Gasteiger partial charge in [-0.2, -0.15) is 0 Å². The van der Waals surface area contributed by atoms with Crippen LogP contribution in [0.25, 0.3) is 0 Å². The Balaban J connectivity index is 1.30. The summed E-state index contributed by atoms with van der Waals surface area (Å²) in [5, 5.41) is 10.3. The molecular formula is C22H25N5O3S2. The molecule has 2 N–H and O–H groups in total.